The zero-order valence-electron chi connectivity index (χ0n) is 14.1. The van der Waals surface area contributed by atoms with Gasteiger partial charge in [0.05, 0.1) is 20.3 Å². The van der Waals surface area contributed by atoms with Gasteiger partial charge >= 0.3 is 6.01 Å². The molecule has 2 rings (SSSR count). The number of unbranched alkanes of at least 4 members (excludes halogenated alkanes) is 1. The average Bonchev–Trinajstić information content (AvgIpc) is 2.60. The predicted octanol–water partition coefficient (Wildman–Crippen LogP) is 3.31. The second-order valence-electron chi connectivity index (χ2n) is 5.12. The van der Waals surface area contributed by atoms with Crippen LogP contribution in [0.15, 0.2) is 24.3 Å². The summed E-state index contributed by atoms with van der Waals surface area (Å²) in [5.74, 6) is 0.803. The molecule has 1 N–H and O–H groups in total. The van der Waals surface area contributed by atoms with Gasteiger partial charge in [-0.2, -0.15) is 9.97 Å². The highest BCUT2D eigenvalue weighted by molar-refractivity contribution is 5.36. The summed E-state index contributed by atoms with van der Waals surface area (Å²) >= 11 is 0. The molecule has 2 aromatic rings. The van der Waals surface area contributed by atoms with Crippen LogP contribution in [0.4, 0.5) is 4.39 Å². The van der Waals surface area contributed by atoms with Gasteiger partial charge in [-0.05, 0) is 31.2 Å². The Morgan fingerprint density at radius 2 is 1.79 bits per heavy atom. The van der Waals surface area contributed by atoms with E-state index in [2.05, 4.69) is 22.2 Å². The molecule has 0 aliphatic carbocycles. The van der Waals surface area contributed by atoms with Gasteiger partial charge in [-0.3, -0.25) is 0 Å². The Bertz CT molecular complexity index is 645. The molecule has 0 saturated heterocycles. The molecule has 1 aromatic carbocycles. The van der Waals surface area contributed by atoms with Crippen molar-refractivity contribution in [3.63, 3.8) is 0 Å². The molecule has 0 spiro atoms. The minimum Gasteiger partial charge on any atom is -0.481 e. The van der Waals surface area contributed by atoms with Crippen molar-refractivity contribution in [3.8, 4) is 23.5 Å². The molecule has 0 atom stereocenters. The molecule has 1 aromatic heterocycles. The summed E-state index contributed by atoms with van der Waals surface area (Å²) in [6.07, 6.45) is 2.15. The Labute approximate surface area is 141 Å². The summed E-state index contributed by atoms with van der Waals surface area (Å²) in [6, 6.07) is 5.95. The largest absolute Gasteiger partial charge is 0.481 e. The van der Waals surface area contributed by atoms with E-state index < -0.39 is 0 Å². The first-order chi connectivity index (χ1) is 11.7. The quantitative estimate of drug-likeness (QED) is 0.709. The van der Waals surface area contributed by atoms with Crippen LogP contribution in [0.3, 0.4) is 0 Å². The van der Waals surface area contributed by atoms with Gasteiger partial charge in [0.2, 0.25) is 11.8 Å². The molecule has 0 fully saturated rings. The van der Waals surface area contributed by atoms with Crippen LogP contribution in [0.1, 0.15) is 25.3 Å². The lowest BCUT2D eigenvalue weighted by molar-refractivity contribution is 0.346. The van der Waals surface area contributed by atoms with Crippen LogP contribution < -0.4 is 19.5 Å². The molecule has 0 radical (unpaired) electrons. The zero-order valence-corrected chi connectivity index (χ0v) is 14.1. The SMILES string of the molecule is CCCCNCc1cc(F)ccc1Oc1nc(OC)cc(OC)n1. The lowest BCUT2D eigenvalue weighted by Gasteiger charge is -2.12. The Morgan fingerprint density at radius 1 is 1.08 bits per heavy atom. The topological polar surface area (TPSA) is 65.5 Å². The summed E-state index contributed by atoms with van der Waals surface area (Å²) in [5, 5.41) is 3.26. The Kier molecular flexibility index (Phi) is 6.74. The minimum atomic E-state index is -0.321. The Balaban J connectivity index is 2.19. The second-order valence-corrected chi connectivity index (χ2v) is 5.12. The zero-order chi connectivity index (χ0) is 17.4. The maximum Gasteiger partial charge on any atom is 0.328 e. The molecule has 6 nitrogen and oxygen atoms in total. The maximum atomic E-state index is 13.5. The van der Waals surface area contributed by atoms with Crippen LogP contribution in [0.5, 0.6) is 23.5 Å². The normalized spacial score (nSPS) is 10.5. The number of halogens is 1. The molecule has 0 aliphatic heterocycles. The van der Waals surface area contributed by atoms with Gasteiger partial charge in [-0.25, -0.2) is 4.39 Å². The van der Waals surface area contributed by atoms with Gasteiger partial charge in [0.15, 0.2) is 0 Å². The van der Waals surface area contributed by atoms with Crippen LogP contribution in [0.2, 0.25) is 0 Å². The van der Waals surface area contributed by atoms with Crippen molar-refractivity contribution in [1.29, 1.82) is 0 Å². The summed E-state index contributed by atoms with van der Waals surface area (Å²) in [4.78, 5) is 8.24. The number of nitrogens with one attached hydrogen (secondary N) is 1. The van der Waals surface area contributed by atoms with Gasteiger partial charge in [0.1, 0.15) is 11.6 Å². The van der Waals surface area contributed by atoms with Crippen LogP contribution in [0.25, 0.3) is 0 Å². The van der Waals surface area contributed by atoms with E-state index in [-0.39, 0.29) is 11.8 Å². The second kappa shape index (κ2) is 9.02. The van der Waals surface area contributed by atoms with Gasteiger partial charge in [-0.1, -0.05) is 13.3 Å². The van der Waals surface area contributed by atoms with E-state index in [1.54, 1.807) is 12.1 Å². The van der Waals surface area contributed by atoms with Crippen molar-refractivity contribution < 1.29 is 18.6 Å². The Morgan fingerprint density at radius 3 is 2.42 bits per heavy atom. The van der Waals surface area contributed by atoms with Gasteiger partial charge in [0, 0.05) is 12.1 Å². The van der Waals surface area contributed by atoms with E-state index in [0.29, 0.717) is 29.6 Å². The van der Waals surface area contributed by atoms with Crippen molar-refractivity contribution in [2.24, 2.45) is 0 Å². The smallest absolute Gasteiger partial charge is 0.328 e. The van der Waals surface area contributed by atoms with Gasteiger partial charge in [0.25, 0.3) is 0 Å². The van der Waals surface area contributed by atoms with Crippen LogP contribution in [-0.2, 0) is 6.54 Å². The Hall–Kier alpha value is -2.41. The highest BCUT2D eigenvalue weighted by Crippen LogP contribution is 2.27. The molecule has 0 bridgehead atoms. The first-order valence-corrected chi connectivity index (χ1v) is 7.80. The number of nitrogens with zero attached hydrogens (tertiary/aromatic N) is 2. The monoisotopic (exact) mass is 335 g/mol. The van der Waals surface area contributed by atoms with Crippen LogP contribution in [-0.4, -0.2) is 30.7 Å². The minimum absolute atomic E-state index is 0.0765. The first-order valence-electron chi connectivity index (χ1n) is 7.80. The molecule has 0 amide bonds. The van der Waals surface area contributed by atoms with E-state index in [9.17, 15) is 4.39 Å². The number of ether oxygens (including phenoxy) is 3. The van der Waals surface area contributed by atoms with E-state index in [4.69, 9.17) is 14.2 Å². The van der Waals surface area contributed by atoms with Crippen molar-refractivity contribution in [2.75, 3.05) is 20.8 Å². The summed E-state index contributed by atoms with van der Waals surface area (Å²) in [7, 11) is 2.99. The molecule has 0 saturated carbocycles. The van der Waals surface area contributed by atoms with E-state index in [1.807, 2.05) is 0 Å². The lowest BCUT2D eigenvalue weighted by atomic mass is 10.2. The maximum absolute atomic E-state index is 13.5. The number of methoxy groups -OCH3 is 2. The van der Waals surface area contributed by atoms with Gasteiger partial charge in [-0.15, -0.1) is 0 Å². The summed E-state index contributed by atoms with van der Waals surface area (Å²) in [6.45, 7) is 3.47. The number of hydrogen-bond acceptors (Lipinski definition) is 6. The number of hydrogen-bond donors (Lipinski definition) is 1. The van der Waals surface area contributed by atoms with Crippen LogP contribution >= 0.6 is 0 Å². The third-order valence-corrected chi connectivity index (χ3v) is 3.32. The number of benzene rings is 1. The van der Waals surface area contributed by atoms with Crippen molar-refractivity contribution in [3.05, 3.63) is 35.6 Å². The fraction of sp³-hybridized carbons (Fsp3) is 0.412. The van der Waals surface area contributed by atoms with Gasteiger partial charge < -0.3 is 19.5 Å². The molecule has 130 valence electrons. The van der Waals surface area contributed by atoms with E-state index in [0.717, 1.165) is 19.4 Å². The highest BCUT2D eigenvalue weighted by Gasteiger charge is 2.11. The molecule has 1 heterocycles. The molecule has 0 unspecified atom stereocenters. The molecule has 7 heteroatoms. The van der Waals surface area contributed by atoms with Crippen molar-refractivity contribution in [1.82, 2.24) is 15.3 Å². The number of rotatable bonds is 9. The highest BCUT2D eigenvalue weighted by atomic mass is 19.1. The molecular formula is C17H22FN3O3. The predicted molar refractivity (Wildman–Crippen MR) is 88.2 cm³/mol. The fourth-order valence-corrected chi connectivity index (χ4v) is 2.05. The number of aromatic nitrogens is 2. The third-order valence-electron chi connectivity index (χ3n) is 3.32. The van der Waals surface area contributed by atoms with Crippen LogP contribution in [0, 0.1) is 5.82 Å². The standard InChI is InChI=1S/C17H22FN3O3/c1-4-5-8-19-11-12-9-13(18)6-7-14(12)24-17-20-15(22-2)10-16(21-17)23-3/h6-7,9-10,19H,4-5,8,11H2,1-3H3. The van der Waals surface area contributed by atoms with Crippen molar-refractivity contribution >= 4 is 0 Å². The summed E-state index contributed by atoms with van der Waals surface area (Å²) in [5.41, 5.74) is 0.691. The van der Waals surface area contributed by atoms with Crippen molar-refractivity contribution in [2.45, 2.75) is 26.3 Å². The molecule has 0 aliphatic rings. The van der Waals surface area contributed by atoms with E-state index >= 15 is 0 Å². The third kappa shape index (κ3) is 5.06. The van der Waals surface area contributed by atoms with E-state index in [1.165, 1.54) is 26.4 Å². The fourth-order valence-electron chi connectivity index (χ4n) is 2.05. The summed E-state index contributed by atoms with van der Waals surface area (Å²) < 4.78 is 29.4. The lowest BCUT2D eigenvalue weighted by Crippen LogP contribution is -2.15. The average molecular weight is 335 g/mol. The molecular weight excluding hydrogens is 313 g/mol. The first kappa shape index (κ1) is 17.9. The molecule has 24 heavy (non-hydrogen) atoms.